The molecule has 2 aliphatic heterocycles. The van der Waals surface area contributed by atoms with Crippen LogP contribution in [0.3, 0.4) is 0 Å². The molecule has 0 spiro atoms. The Kier molecular flexibility index (Phi) is 2.77. The van der Waals surface area contributed by atoms with E-state index in [1.165, 1.54) is 11.4 Å². The second-order valence-electron chi connectivity index (χ2n) is 4.06. The lowest BCUT2D eigenvalue weighted by Crippen LogP contribution is -2.43. The van der Waals surface area contributed by atoms with Crippen molar-refractivity contribution in [3.8, 4) is 0 Å². The fourth-order valence-corrected chi connectivity index (χ4v) is 1.99. The first kappa shape index (κ1) is 9.59. The smallest absolute Gasteiger partial charge is 0.0570 e. The summed E-state index contributed by atoms with van der Waals surface area (Å²) >= 11 is 0. The maximum atomic E-state index is 4.08. The molecular formula is C11H19N3. The second kappa shape index (κ2) is 4.05. The molecule has 0 aromatic heterocycles. The van der Waals surface area contributed by atoms with Crippen LogP contribution in [0.1, 0.15) is 6.42 Å². The van der Waals surface area contributed by atoms with Crippen molar-refractivity contribution in [1.82, 2.24) is 15.1 Å². The van der Waals surface area contributed by atoms with Crippen LogP contribution in [0.5, 0.6) is 0 Å². The van der Waals surface area contributed by atoms with Crippen LogP contribution in [-0.2, 0) is 0 Å². The number of nitrogens with zero attached hydrogens (tertiary/aromatic N) is 2. The summed E-state index contributed by atoms with van der Waals surface area (Å²) < 4.78 is 0. The quantitative estimate of drug-likeness (QED) is 0.659. The molecule has 0 radical (unpaired) electrons. The zero-order chi connectivity index (χ0) is 9.97. The standard InChI is InChI=1S/C11H19N3/c1-10-9-14(8-7-13(10)2)11-3-5-12-6-4-11/h3,12H,1,4-9H2,2H3. The number of nitrogens with one attached hydrogen (secondary N) is 1. The van der Waals surface area contributed by atoms with Gasteiger partial charge in [-0.2, -0.15) is 0 Å². The predicted molar refractivity (Wildman–Crippen MR) is 58.9 cm³/mol. The molecule has 0 aromatic carbocycles. The van der Waals surface area contributed by atoms with Gasteiger partial charge in [-0.05, 0) is 6.42 Å². The highest BCUT2D eigenvalue weighted by Crippen LogP contribution is 2.17. The third kappa shape index (κ3) is 1.93. The minimum absolute atomic E-state index is 1.00. The fourth-order valence-electron chi connectivity index (χ4n) is 1.99. The molecule has 0 amide bonds. The van der Waals surface area contributed by atoms with Crippen LogP contribution >= 0.6 is 0 Å². The molecule has 1 N–H and O–H groups in total. The van der Waals surface area contributed by atoms with Gasteiger partial charge in [-0.15, -0.1) is 0 Å². The van der Waals surface area contributed by atoms with Crippen molar-refractivity contribution in [2.45, 2.75) is 6.42 Å². The molecule has 14 heavy (non-hydrogen) atoms. The summed E-state index contributed by atoms with van der Waals surface area (Å²) in [5.41, 5.74) is 2.73. The number of hydrogen-bond acceptors (Lipinski definition) is 3. The van der Waals surface area contributed by atoms with Crippen LogP contribution < -0.4 is 5.32 Å². The molecule has 0 atom stereocenters. The number of hydrogen-bond donors (Lipinski definition) is 1. The zero-order valence-corrected chi connectivity index (χ0v) is 8.92. The largest absolute Gasteiger partial charge is 0.375 e. The average Bonchev–Trinajstić information content (AvgIpc) is 2.23. The third-order valence-corrected chi connectivity index (χ3v) is 3.06. The number of rotatable bonds is 1. The maximum Gasteiger partial charge on any atom is 0.0570 e. The van der Waals surface area contributed by atoms with Gasteiger partial charge in [-0.3, -0.25) is 0 Å². The Morgan fingerprint density at radius 2 is 2.29 bits per heavy atom. The molecule has 2 heterocycles. The Morgan fingerprint density at radius 3 is 2.93 bits per heavy atom. The Morgan fingerprint density at radius 1 is 1.43 bits per heavy atom. The summed E-state index contributed by atoms with van der Waals surface area (Å²) in [6.45, 7) is 9.46. The molecule has 2 rings (SSSR count). The van der Waals surface area contributed by atoms with E-state index in [2.05, 4.69) is 34.8 Å². The molecular weight excluding hydrogens is 174 g/mol. The summed E-state index contributed by atoms with van der Waals surface area (Å²) in [6.07, 6.45) is 3.47. The van der Waals surface area contributed by atoms with Crippen molar-refractivity contribution in [3.05, 3.63) is 24.0 Å². The lowest BCUT2D eigenvalue weighted by Gasteiger charge is -2.39. The van der Waals surface area contributed by atoms with Crippen LogP contribution in [0.4, 0.5) is 0 Å². The molecule has 0 unspecified atom stereocenters. The number of piperazine rings is 1. The Hall–Kier alpha value is -0.960. The van der Waals surface area contributed by atoms with Gasteiger partial charge in [0.2, 0.25) is 0 Å². The van der Waals surface area contributed by atoms with Gasteiger partial charge in [0.15, 0.2) is 0 Å². The molecule has 1 saturated heterocycles. The second-order valence-corrected chi connectivity index (χ2v) is 4.06. The van der Waals surface area contributed by atoms with Crippen molar-refractivity contribution < 1.29 is 0 Å². The highest BCUT2D eigenvalue weighted by atomic mass is 15.3. The van der Waals surface area contributed by atoms with Crippen molar-refractivity contribution in [2.24, 2.45) is 0 Å². The predicted octanol–water partition coefficient (Wildman–Crippen LogP) is 0.625. The van der Waals surface area contributed by atoms with Crippen LogP contribution in [-0.4, -0.2) is 49.6 Å². The van der Waals surface area contributed by atoms with Crippen LogP contribution in [0, 0.1) is 0 Å². The Bertz CT molecular complexity index is 257. The molecule has 78 valence electrons. The van der Waals surface area contributed by atoms with E-state index in [1.54, 1.807) is 0 Å². The van der Waals surface area contributed by atoms with Gasteiger partial charge in [-0.25, -0.2) is 0 Å². The van der Waals surface area contributed by atoms with E-state index in [0.717, 1.165) is 39.1 Å². The molecule has 0 aliphatic carbocycles. The van der Waals surface area contributed by atoms with E-state index >= 15 is 0 Å². The van der Waals surface area contributed by atoms with E-state index in [1.807, 2.05) is 0 Å². The van der Waals surface area contributed by atoms with Crippen LogP contribution in [0.25, 0.3) is 0 Å². The van der Waals surface area contributed by atoms with Gasteiger partial charge >= 0.3 is 0 Å². The first-order valence-electron chi connectivity index (χ1n) is 5.31. The van der Waals surface area contributed by atoms with Gasteiger partial charge in [-0.1, -0.05) is 12.7 Å². The minimum atomic E-state index is 1.00. The highest BCUT2D eigenvalue weighted by Gasteiger charge is 2.19. The van der Waals surface area contributed by atoms with Crippen LogP contribution in [0.15, 0.2) is 24.0 Å². The van der Waals surface area contributed by atoms with Crippen molar-refractivity contribution in [1.29, 1.82) is 0 Å². The first-order chi connectivity index (χ1) is 6.77. The average molecular weight is 193 g/mol. The maximum absolute atomic E-state index is 4.08. The van der Waals surface area contributed by atoms with Gasteiger partial charge in [0.05, 0.1) is 6.54 Å². The molecule has 2 aliphatic rings. The van der Waals surface area contributed by atoms with Gasteiger partial charge in [0.25, 0.3) is 0 Å². The SMILES string of the molecule is C=C1CN(C2=CCNCC2)CCN1C. The zero-order valence-electron chi connectivity index (χ0n) is 8.92. The van der Waals surface area contributed by atoms with Crippen molar-refractivity contribution in [2.75, 3.05) is 39.8 Å². The van der Waals surface area contributed by atoms with Crippen molar-refractivity contribution in [3.63, 3.8) is 0 Å². The highest BCUT2D eigenvalue weighted by molar-refractivity contribution is 5.12. The fraction of sp³-hybridized carbons (Fsp3) is 0.636. The molecule has 0 bridgehead atoms. The first-order valence-corrected chi connectivity index (χ1v) is 5.31. The summed E-state index contributed by atoms with van der Waals surface area (Å²) in [5, 5.41) is 3.34. The third-order valence-electron chi connectivity index (χ3n) is 3.06. The monoisotopic (exact) mass is 193 g/mol. The van der Waals surface area contributed by atoms with E-state index in [4.69, 9.17) is 0 Å². The Labute approximate surface area is 86.1 Å². The van der Waals surface area contributed by atoms with Gasteiger partial charge in [0.1, 0.15) is 0 Å². The van der Waals surface area contributed by atoms with E-state index in [9.17, 15) is 0 Å². The number of likely N-dealkylation sites (N-methyl/N-ethyl adjacent to an activating group) is 1. The lowest BCUT2D eigenvalue weighted by molar-refractivity contribution is 0.229. The summed E-state index contributed by atoms with van der Waals surface area (Å²) in [5.74, 6) is 0. The van der Waals surface area contributed by atoms with Gasteiger partial charge < -0.3 is 15.1 Å². The van der Waals surface area contributed by atoms with E-state index < -0.39 is 0 Å². The van der Waals surface area contributed by atoms with E-state index in [0.29, 0.717) is 0 Å². The molecule has 3 heteroatoms. The normalized spacial score (nSPS) is 23.8. The van der Waals surface area contributed by atoms with Crippen molar-refractivity contribution >= 4 is 0 Å². The minimum Gasteiger partial charge on any atom is -0.375 e. The molecule has 3 nitrogen and oxygen atoms in total. The summed E-state index contributed by atoms with van der Waals surface area (Å²) in [7, 11) is 2.12. The van der Waals surface area contributed by atoms with Crippen LogP contribution in [0.2, 0.25) is 0 Å². The summed E-state index contributed by atoms with van der Waals surface area (Å²) in [4.78, 5) is 4.71. The molecule has 0 aromatic rings. The summed E-state index contributed by atoms with van der Waals surface area (Å²) in [6, 6.07) is 0. The molecule has 1 fully saturated rings. The molecule has 0 saturated carbocycles. The topological polar surface area (TPSA) is 18.5 Å². The Balaban J connectivity index is 1.98. The lowest BCUT2D eigenvalue weighted by atomic mass is 10.1. The van der Waals surface area contributed by atoms with E-state index in [-0.39, 0.29) is 0 Å². The van der Waals surface area contributed by atoms with Gasteiger partial charge in [0, 0.05) is 44.6 Å².